The smallest absolute Gasteiger partial charge is 0.317 e. The normalized spacial score (nSPS) is 20.1. The van der Waals surface area contributed by atoms with Crippen LogP contribution >= 0.6 is 0 Å². The van der Waals surface area contributed by atoms with Crippen molar-refractivity contribution in [2.24, 2.45) is 5.41 Å². The van der Waals surface area contributed by atoms with E-state index in [1.807, 2.05) is 24.1 Å². The van der Waals surface area contributed by atoms with E-state index in [1.165, 1.54) is 5.69 Å². The Morgan fingerprint density at radius 1 is 1.35 bits per heavy atom. The van der Waals surface area contributed by atoms with Gasteiger partial charge in [0, 0.05) is 55.7 Å². The zero-order chi connectivity index (χ0) is 16.3. The Morgan fingerprint density at radius 3 is 2.87 bits per heavy atom. The van der Waals surface area contributed by atoms with E-state index in [0.29, 0.717) is 6.54 Å². The third-order valence-corrected chi connectivity index (χ3v) is 4.94. The molecule has 1 aliphatic carbocycles. The number of carbonyl (C=O) groups is 1. The van der Waals surface area contributed by atoms with Crippen molar-refractivity contribution < 1.29 is 9.90 Å². The first kappa shape index (κ1) is 16.1. The first-order valence-electron chi connectivity index (χ1n) is 8.43. The molecule has 1 saturated carbocycles. The van der Waals surface area contributed by atoms with Crippen molar-refractivity contribution in [1.29, 1.82) is 0 Å². The fourth-order valence-electron chi connectivity index (χ4n) is 3.05. The largest absolute Gasteiger partial charge is 0.396 e. The third-order valence-electron chi connectivity index (χ3n) is 4.94. The lowest BCUT2D eigenvalue weighted by atomic mass is 10.1. The summed E-state index contributed by atoms with van der Waals surface area (Å²) < 4.78 is 0. The number of aliphatic hydroxyl groups is 1. The van der Waals surface area contributed by atoms with Crippen LogP contribution in [0.2, 0.25) is 0 Å². The topological polar surface area (TPSA) is 68.7 Å². The predicted octanol–water partition coefficient (Wildman–Crippen LogP) is 1.38. The Labute approximate surface area is 137 Å². The van der Waals surface area contributed by atoms with Crippen LogP contribution in [-0.2, 0) is 0 Å². The third kappa shape index (κ3) is 3.93. The SMILES string of the molecule is Cc1cc(N2CCCN(C(=O)NCC3(CO)CC3)CC2)ccn1. The van der Waals surface area contributed by atoms with Crippen molar-refractivity contribution in [3.05, 3.63) is 24.0 Å². The van der Waals surface area contributed by atoms with Crippen LogP contribution in [0.5, 0.6) is 0 Å². The Morgan fingerprint density at radius 2 is 2.17 bits per heavy atom. The minimum Gasteiger partial charge on any atom is -0.396 e. The number of hydrogen-bond donors (Lipinski definition) is 2. The molecule has 126 valence electrons. The van der Waals surface area contributed by atoms with E-state index < -0.39 is 0 Å². The molecule has 2 amide bonds. The summed E-state index contributed by atoms with van der Waals surface area (Å²) in [5.74, 6) is 0. The molecule has 2 heterocycles. The van der Waals surface area contributed by atoms with Crippen molar-refractivity contribution in [3.8, 4) is 0 Å². The van der Waals surface area contributed by atoms with Gasteiger partial charge in [-0.15, -0.1) is 0 Å². The number of carbonyl (C=O) groups excluding carboxylic acids is 1. The highest BCUT2D eigenvalue weighted by atomic mass is 16.3. The number of hydrogen-bond acceptors (Lipinski definition) is 4. The Kier molecular flexibility index (Phi) is 4.71. The average molecular weight is 318 g/mol. The Hall–Kier alpha value is -1.82. The van der Waals surface area contributed by atoms with Crippen molar-refractivity contribution in [2.45, 2.75) is 26.2 Å². The summed E-state index contributed by atoms with van der Waals surface area (Å²) in [5, 5.41) is 12.3. The molecule has 6 nitrogen and oxygen atoms in total. The van der Waals surface area contributed by atoms with Gasteiger partial charge in [-0.1, -0.05) is 0 Å². The second kappa shape index (κ2) is 6.74. The fourth-order valence-corrected chi connectivity index (χ4v) is 3.05. The van der Waals surface area contributed by atoms with E-state index in [0.717, 1.165) is 51.1 Å². The van der Waals surface area contributed by atoms with Gasteiger partial charge in [-0.05, 0) is 38.3 Å². The summed E-state index contributed by atoms with van der Waals surface area (Å²) >= 11 is 0. The van der Waals surface area contributed by atoms with Gasteiger partial charge in [-0.25, -0.2) is 4.79 Å². The lowest BCUT2D eigenvalue weighted by Gasteiger charge is -2.24. The second-order valence-electron chi connectivity index (χ2n) is 6.80. The van der Waals surface area contributed by atoms with Crippen LogP contribution in [0.3, 0.4) is 0 Å². The van der Waals surface area contributed by atoms with Gasteiger partial charge in [0.2, 0.25) is 0 Å². The molecule has 1 aromatic rings. The number of aryl methyl sites for hydroxylation is 1. The number of aromatic nitrogens is 1. The lowest BCUT2D eigenvalue weighted by Crippen LogP contribution is -2.44. The summed E-state index contributed by atoms with van der Waals surface area (Å²) in [4.78, 5) is 20.8. The number of aliphatic hydroxyl groups excluding tert-OH is 1. The van der Waals surface area contributed by atoms with E-state index >= 15 is 0 Å². The maximum Gasteiger partial charge on any atom is 0.317 e. The predicted molar refractivity (Wildman–Crippen MR) is 89.5 cm³/mol. The van der Waals surface area contributed by atoms with E-state index in [4.69, 9.17) is 0 Å². The van der Waals surface area contributed by atoms with Crippen molar-refractivity contribution in [3.63, 3.8) is 0 Å². The first-order chi connectivity index (χ1) is 11.1. The molecule has 2 N–H and O–H groups in total. The highest BCUT2D eigenvalue weighted by Crippen LogP contribution is 2.44. The number of nitrogens with one attached hydrogen (secondary N) is 1. The minimum absolute atomic E-state index is 0.00233. The summed E-state index contributed by atoms with van der Waals surface area (Å²) in [6.45, 7) is 6.04. The zero-order valence-corrected chi connectivity index (χ0v) is 13.8. The van der Waals surface area contributed by atoms with E-state index in [-0.39, 0.29) is 18.1 Å². The highest BCUT2D eigenvalue weighted by Gasteiger charge is 2.42. The summed E-state index contributed by atoms with van der Waals surface area (Å²) in [7, 11) is 0. The molecule has 1 aromatic heterocycles. The maximum atomic E-state index is 12.3. The maximum absolute atomic E-state index is 12.3. The van der Waals surface area contributed by atoms with Crippen molar-refractivity contribution in [1.82, 2.24) is 15.2 Å². The van der Waals surface area contributed by atoms with Crippen LogP contribution in [0.25, 0.3) is 0 Å². The molecule has 0 unspecified atom stereocenters. The van der Waals surface area contributed by atoms with Gasteiger partial charge in [0.1, 0.15) is 0 Å². The van der Waals surface area contributed by atoms with Crippen LogP contribution in [0.15, 0.2) is 18.3 Å². The average Bonchev–Trinajstić information content (AvgIpc) is 3.36. The van der Waals surface area contributed by atoms with Gasteiger partial charge < -0.3 is 20.2 Å². The van der Waals surface area contributed by atoms with Gasteiger partial charge in [0.15, 0.2) is 0 Å². The van der Waals surface area contributed by atoms with Gasteiger partial charge in [0.25, 0.3) is 0 Å². The molecule has 23 heavy (non-hydrogen) atoms. The molecule has 3 rings (SSSR count). The lowest BCUT2D eigenvalue weighted by molar-refractivity contribution is 0.184. The zero-order valence-electron chi connectivity index (χ0n) is 13.8. The number of pyridine rings is 1. The molecule has 2 aliphatic rings. The van der Waals surface area contributed by atoms with Gasteiger partial charge in [0.05, 0.1) is 6.61 Å². The first-order valence-corrected chi connectivity index (χ1v) is 8.43. The molecular formula is C17H26N4O2. The summed E-state index contributed by atoms with van der Waals surface area (Å²) in [5.41, 5.74) is 2.15. The van der Waals surface area contributed by atoms with Gasteiger partial charge in [-0.3, -0.25) is 4.98 Å². The molecule has 1 aliphatic heterocycles. The molecule has 0 radical (unpaired) electrons. The van der Waals surface area contributed by atoms with E-state index in [1.54, 1.807) is 0 Å². The van der Waals surface area contributed by atoms with Gasteiger partial charge >= 0.3 is 6.03 Å². The summed E-state index contributed by atoms with van der Waals surface area (Å²) in [6.07, 6.45) is 4.82. The second-order valence-corrected chi connectivity index (χ2v) is 6.80. The van der Waals surface area contributed by atoms with E-state index in [2.05, 4.69) is 21.3 Å². The quantitative estimate of drug-likeness (QED) is 0.880. The van der Waals surface area contributed by atoms with Crippen molar-refractivity contribution >= 4 is 11.7 Å². The molecule has 0 spiro atoms. The molecule has 0 atom stereocenters. The van der Waals surface area contributed by atoms with Crippen LogP contribution < -0.4 is 10.2 Å². The monoisotopic (exact) mass is 318 g/mol. The Balaban J connectivity index is 1.52. The van der Waals surface area contributed by atoms with Crippen LogP contribution in [0.4, 0.5) is 10.5 Å². The fraction of sp³-hybridized carbons (Fsp3) is 0.647. The summed E-state index contributed by atoms with van der Waals surface area (Å²) in [6, 6.07) is 4.12. The number of amides is 2. The van der Waals surface area contributed by atoms with E-state index in [9.17, 15) is 9.90 Å². The highest BCUT2D eigenvalue weighted by molar-refractivity contribution is 5.74. The number of rotatable bonds is 4. The molecule has 2 fully saturated rings. The molecule has 1 saturated heterocycles. The molecule has 0 bridgehead atoms. The van der Waals surface area contributed by atoms with Gasteiger partial charge in [-0.2, -0.15) is 0 Å². The number of anilines is 1. The van der Waals surface area contributed by atoms with Crippen molar-refractivity contribution in [2.75, 3.05) is 44.2 Å². The molecular weight excluding hydrogens is 292 g/mol. The number of nitrogens with zero attached hydrogens (tertiary/aromatic N) is 3. The minimum atomic E-state index is -0.0396. The number of urea groups is 1. The molecule has 6 heteroatoms. The van der Waals surface area contributed by atoms with Crippen LogP contribution in [0, 0.1) is 12.3 Å². The standard InChI is InChI=1S/C17H26N4O2/c1-14-11-15(3-6-18-14)20-7-2-8-21(10-9-20)16(23)19-12-17(13-22)4-5-17/h3,6,11,22H,2,4-5,7-10,12-13H2,1H3,(H,19,23). The Bertz CT molecular complexity index is 559. The van der Waals surface area contributed by atoms with Crippen LogP contribution in [-0.4, -0.2) is 60.4 Å². The molecule has 0 aromatic carbocycles. The van der Waals surface area contributed by atoms with Crippen LogP contribution in [0.1, 0.15) is 25.0 Å².